The molecule has 1 heterocycles. The number of nitrogens with zero attached hydrogens (tertiary/aromatic N) is 1. The van der Waals surface area contributed by atoms with Gasteiger partial charge in [-0.2, -0.15) is 0 Å². The molecule has 1 N–H and O–H groups in total. The normalized spacial score (nSPS) is 35.4. The molecular weight excluding hydrogens is 184 g/mol. The van der Waals surface area contributed by atoms with Gasteiger partial charge in [0, 0.05) is 31.7 Å². The molecule has 1 aliphatic heterocycles. The molecule has 1 saturated carbocycles. The topological polar surface area (TPSA) is 15.3 Å². The third kappa shape index (κ3) is 2.94. The van der Waals surface area contributed by atoms with E-state index < -0.39 is 0 Å². The Morgan fingerprint density at radius 3 is 2.73 bits per heavy atom. The van der Waals surface area contributed by atoms with Crippen LogP contribution in [0.5, 0.6) is 0 Å². The van der Waals surface area contributed by atoms with Gasteiger partial charge in [-0.05, 0) is 31.6 Å². The zero-order valence-corrected chi connectivity index (χ0v) is 10.5. The fourth-order valence-electron chi connectivity index (χ4n) is 2.50. The molecule has 2 rings (SSSR count). The summed E-state index contributed by atoms with van der Waals surface area (Å²) in [6.45, 7) is 10.9. The lowest BCUT2D eigenvalue weighted by atomic mass is 9.95. The van der Waals surface area contributed by atoms with Crippen LogP contribution in [-0.2, 0) is 0 Å². The third-order valence-corrected chi connectivity index (χ3v) is 4.25. The summed E-state index contributed by atoms with van der Waals surface area (Å²) in [6.07, 6.45) is 4.25. The van der Waals surface area contributed by atoms with E-state index in [1.165, 1.54) is 38.9 Å². The van der Waals surface area contributed by atoms with E-state index in [9.17, 15) is 0 Å². The molecular formula is C13H26N2. The largest absolute Gasteiger partial charge is 0.311 e. The molecule has 0 aromatic rings. The Hall–Kier alpha value is -0.0800. The van der Waals surface area contributed by atoms with Crippen LogP contribution in [0.2, 0.25) is 0 Å². The summed E-state index contributed by atoms with van der Waals surface area (Å²) < 4.78 is 0. The first-order chi connectivity index (χ1) is 7.20. The van der Waals surface area contributed by atoms with Gasteiger partial charge in [-0.25, -0.2) is 0 Å². The summed E-state index contributed by atoms with van der Waals surface area (Å²) in [7, 11) is 0. The Morgan fingerprint density at radius 1 is 1.40 bits per heavy atom. The first-order valence-corrected chi connectivity index (χ1v) is 6.68. The molecule has 2 heteroatoms. The zero-order valence-electron chi connectivity index (χ0n) is 10.5. The second kappa shape index (κ2) is 4.84. The van der Waals surface area contributed by atoms with E-state index >= 15 is 0 Å². The Bertz CT molecular complexity index is 201. The number of hydrogen-bond donors (Lipinski definition) is 1. The van der Waals surface area contributed by atoms with Crippen molar-refractivity contribution in [1.82, 2.24) is 10.2 Å². The predicted octanol–water partition coefficient (Wildman–Crippen LogP) is 2.10. The first kappa shape index (κ1) is 11.4. The van der Waals surface area contributed by atoms with Crippen molar-refractivity contribution in [3.63, 3.8) is 0 Å². The van der Waals surface area contributed by atoms with E-state index in [0.29, 0.717) is 0 Å². The minimum Gasteiger partial charge on any atom is -0.311 e. The van der Waals surface area contributed by atoms with Gasteiger partial charge in [-0.3, -0.25) is 4.90 Å². The van der Waals surface area contributed by atoms with Gasteiger partial charge in [0.05, 0.1) is 0 Å². The summed E-state index contributed by atoms with van der Waals surface area (Å²) in [5, 5.41) is 3.70. The van der Waals surface area contributed by atoms with E-state index in [-0.39, 0.29) is 0 Å². The highest BCUT2D eigenvalue weighted by atomic mass is 15.2. The minimum atomic E-state index is 0.727. The van der Waals surface area contributed by atoms with Crippen LogP contribution in [0.4, 0.5) is 0 Å². The molecule has 3 unspecified atom stereocenters. The fraction of sp³-hybridized carbons (Fsp3) is 1.00. The molecule has 0 radical (unpaired) electrons. The minimum absolute atomic E-state index is 0.727. The number of hydrogen-bond acceptors (Lipinski definition) is 2. The average Bonchev–Trinajstić information content (AvgIpc) is 3.04. The SMILES string of the molecule is CCC(C)C1CN(CC2CC2)C(C)CN1. The predicted molar refractivity (Wildman–Crippen MR) is 65.0 cm³/mol. The molecule has 0 aromatic carbocycles. The second-order valence-corrected chi connectivity index (χ2v) is 5.65. The average molecular weight is 210 g/mol. The van der Waals surface area contributed by atoms with E-state index in [4.69, 9.17) is 0 Å². The van der Waals surface area contributed by atoms with Crippen molar-refractivity contribution in [1.29, 1.82) is 0 Å². The molecule has 3 atom stereocenters. The lowest BCUT2D eigenvalue weighted by Gasteiger charge is -2.41. The molecule has 2 aliphatic rings. The van der Waals surface area contributed by atoms with Crippen LogP contribution in [0.25, 0.3) is 0 Å². The molecule has 0 aromatic heterocycles. The van der Waals surface area contributed by atoms with Gasteiger partial charge in [-0.1, -0.05) is 20.3 Å². The lowest BCUT2D eigenvalue weighted by molar-refractivity contribution is 0.114. The molecule has 0 bridgehead atoms. The van der Waals surface area contributed by atoms with E-state index in [1.54, 1.807) is 0 Å². The Kier molecular flexibility index (Phi) is 3.68. The number of nitrogens with one attached hydrogen (secondary N) is 1. The monoisotopic (exact) mass is 210 g/mol. The molecule has 88 valence electrons. The van der Waals surface area contributed by atoms with Crippen molar-refractivity contribution < 1.29 is 0 Å². The molecule has 2 nitrogen and oxygen atoms in total. The van der Waals surface area contributed by atoms with Crippen molar-refractivity contribution >= 4 is 0 Å². The van der Waals surface area contributed by atoms with Gasteiger partial charge in [0.25, 0.3) is 0 Å². The van der Waals surface area contributed by atoms with Crippen LogP contribution in [0.3, 0.4) is 0 Å². The summed E-state index contributed by atoms with van der Waals surface area (Å²) in [5.41, 5.74) is 0. The van der Waals surface area contributed by atoms with Crippen LogP contribution in [0.15, 0.2) is 0 Å². The Morgan fingerprint density at radius 2 is 2.13 bits per heavy atom. The van der Waals surface area contributed by atoms with Crippen molar-refractivity contribution in [2.45, 2.75) is 52.1 Å². The van der Waals surface area contributed by atoms with E-state index in [0.717, 1.165) is 23.9 Å². The van der Waals surface area contributed by atoms with Gasteiger partial charge < -0.3 is 5.32 Å². The van der Waals surface area contributed by atoms with Gasteiger partial charge in [0.2, 0.25) is 0 Å². The van der Waals surface area contributed by atoms with Crippen molar-refractivity contribution in [3.8, 4) is 0 Å². The Labute approximate surface area is 94.4 Å². The van der Waals surface area contributed by atoms with E-state index in [2.05, 4.69) is 31.0 Å². The maximum Gasteiger partial charge on any atom is 0.0221 e. The Balaban J connectivity index is 1.85. The third-order valence-electron chi connectivity index (χ3n) is 4.25. The lowest BCUT2D eigenvalue weighted by Crippen LogP contribution is -2.57. The van der Waals surface area contributed by atoms with Gasteiger partial charge in [0.1, 0.15) is 0 Å². The number of piperazine rings is 1. The van der Waals surface area contributed by atoms with Crippen LogP contribution >= 0.6 is 0 Å². The second-order valence-electron chi connectivity index (χ2n) is 5.65. The van der Waals surface area contributed by atoms with Crippen molar-refractivity contribution in [2.75, 3.05) is 19.6 Å². The maximum atomic E-state index is 3.70. The first-order valence-electron chi connectivity index (χ1n) is 6.68. The van der Waals surface area contributed by atoms with Gasteiger partial charge >= 0.3 is 0 Å². The summed E-state index contributed by atoms with van der Waals surface area (Å²) >= 11 is 0. The van der Waals surface area contributed by atoms with Gasteiger partial charge in [0.15, 0.2) is 0 Å². The highest BCUT2D eigenvalue weighted by molar-refractivity contribution is 4.89. The molecule has 2 fully saturated rings. The van der Waals surface area contributed by atoms with Crippen LogP contribution in [-0.4, -0.2) is 36.6 Å². The highest BCUT2D eigenvalue weighted by Gasteiger charge is 2.31. The maximum absolute atomic E-state index is 3.70. The zero-order chi connectivity index (χ0) is 10.8. The van der Waals surface area contributed by atoms with Crippen molar-refractivity contribution in [3.05, 3.63) is 0 Å². The smallest absolute Gasteiger partial charge is 0.0221 e. The summed E-state index contributed by atoms with van der Waals surface area (Å²) in [5.74, 6) is 1.85. The number of rotatable bonds is 4. The van der Waals surface area contributed by atoms with Crippen LogP contribution in [0, 0.1) is 11.8 Å². The van der Waals surface area contributed by atoms with Crippen molar-refractivity contribution in [2.24, 2.45) is 11.8 Å². The molecule has 0 amide bonds. The molecule has 1 saturated heterocycles. The molecule has 1 aliphatic carbocycles. The molecule has 15 heavy (non-hydrogen) atoms. The van der Waals surface area contributed by atoms with Crippen LogP contribution < -0.4 is 5.32 Å². The summed E-state index contributed by atoms with van der Waals surface area (Å²) in [6, 6.07) is 1.47. The summed E-state index contributed by atoms with van der Waals surface area (Å²) in [4.78, 5) is 2.71. The van der Waals surface area contributed by atoms with Gasteiger partial charge in [-0.15, -0.1) is 0 Å². The molecule has 0 spiro atoms. The highest BCUT2D eigenvalue weighted by Crippen LogP contribution is 2.31. The van der Waals surface area contributed by atoms with E-state index in [1.807, 2.05) is 0 Å². The standard InChI is InChI=1S/C13H26N2/c1-4-10(2)13-9-15(8-12-5-6-12)11(3)7-14-13/h10-14H,4-9H2,1-3H3. The fourth-order valence-corrected chi connectivity index (χ4v) is 2.50. The van der Waals surface area contributed by atoms with Crippen LogP contribution in [0.1, 0.15) is 40.0 Å². The quantitative estimate of drug-likeness (QED) is 0.764.